The molecule has 156 valence electrons. The zero-order chi connectivity index (χ0) is 21.2. The fourth-order valence-electron chi connectivity index (χ4n) is 2.90. The van der Waals surface area contributed by atoms with Gasteiger partial charge in [-0.1, -0.05) is 23.8 Å². The second-order valence-electron chi connectivity index (χ2n) is 7.01. The first kappa shape index (κ1) is 22.4. The predicted molar refractivity (Wildman–Crippen MR) is 116 cm³/mol. The molecule has 0 aliphatic heterocycles. The number of carbonyl (C=O) groups excluding carboxylic acids is 2. The van der Waals surface area contributed by atoms with E-state index in [1.807, 2.05) is 57.0 Å². The molecule has 0 bridgehead atoms. The molecule has 2 rings (SSSR count). The van der Waals surface area contributed by atoms with Crippen molar-refractivity contribution in [3.63, 3.8) is 0 Å². The van der Waals surface area contributed by atoms with E-state index in [4.69, 9.17) is 4.74 Å². The lowest BCUT2D eigenvalue weighted by molar-refractivity contribution is -0.117. The van der Waals surface area contributed by atoms with Gasteiger partial charge in [0.2, 0.25) is 5.91 Å². The molecule has 0 heterocycles. The molecule has 0 fully saturated rings. The molecule has 0 saturated carbocycles. The molecule has 0 aromatic heterocycles. The molecule has 2 aromatic carbocycles. The molecular weight excluding hydrogens is 366 g/mol. The van der Waals surface area contributed by atoms with E-state index in [1.165, 1.54) is 5.56 Å². The van der Waals surface area contributed by atoms with Crippen LogP contribution in [0.25, 0.3) is 0 Å². The monoisotopic (exact) mass is 397 g/mol. The number of likely N-dealkylation sites (N-methyl/N-ethyl adjacent to an activating group) is 1. The summed E-state index contributed by atoms with van der Waals surface area (Å²) in [5.74, 6) is 0.662. The molecule has 0 aliphatic carbocycles. The Kier molecular flexibility index (Phi) is 8.68. The van der Waals surface area contributed by atoms with Gasteiger partial charge >= 0.3 is 0 Å². The van der Waals surface area contributed by atoms with E-state index in [2.05, 4.69) is 5.32 Å². The SMILES string of the molecule is CCN(CC)C(=O)c1cccc(NC(=O)CN(C)CCOc2ccc(C)cc2)c1. The molecule has 0 unspecified atom stereocenters. The Balaban J connectivity index is 1.81. The number of amides is 2. The second kappa shape index (κ2) is 11.2. The van der Waals surface area contributed by atoms with E-state index in [-0.39, 0.29) is 18.4 Å². The average molecular weight is 398 g/mol. The van der Waals surface area contributed by atoms with Gasteiger partial charge in [-0.2, -0.15) is 0 Å². The zero-order valence-electron chi connectivity index (χ0n) is 17.8. The Morgan fingerprint density at radius 2 is 1.72 bits per heavy atom. The quantitative estimate of drug-likeness (QED) is 0.667. The number of nitrogens with zero attached hydrogens (tertiary/aromatic N) is 2. The fourth-order valence-corrected chi connectivity index (χ4v) is 2.90. The van der Waals surface area contributed by atoms with Crippen molar-refractivity contribution in [3.05, 3.63) is 59.7 Å². The smallest absolute Gasteiger partial charge is 0.253 e. The van der Waals surface area contributed by atoms with Crippen molar-refractivity contribution in [2.75, 3.05) is 45.2 Å². The minimum absolute atomic E-state index is 0.0310. The maximum Gasteiger partial charge on any atom is 0.253 e. The topological polar surface area (TPSA) is 61.9 Å². The summed E-state index contributed by atoms with van der Waals surface area (Å²) in [5, 5.41) is 2.87. The molecule has 2 aromatic rings. The lowest BCUT2D eigenvalue weighted by Gasteiger charge is -2.19. The third kappa shape index (κ3) is 7.23. The number of ether oxygens (including phenoxy) is 1. The number of nitrogens with one attached hydrogen (secondary N) is 1. The van der Waals surface area contributed by atoms with E-state index in [9.17, 15) is 9.59 Å². The van der Waals surface area contributed by atoms with Crippen LogP contribution in [0.1, 0.15) is 29.8 Å². The molecular formula is C23H31N3O3. The van der Waals surface area contributed by atoms with Crippen molar-refractivity contribution in [2.45, 2.75) is 20.8 Å². The van der Waals surface area contributed by atoms with Crippen molar-refractivity contribution in [1.29, 1.82) is 0 Å². The van der Waals surface area contributed by atoms with Crippen LogP contribution in [0.2, 0.25) is 0 Å². The number of hydrogen-bond donors (Lipinski definition) is 1. The van der Waals surface area contributed by atoms with Gasteiger partial charge in [0.15, 0.2) is 0 Å². The average Bonchev–Trinajstić information content (AvgIpc) is 2.70. The van der Waals surface area contributed by atoms with Crippen LogP contribution in [0.4, 0.5) is 5.69 Å². The second-order valence-corrected chi connectivity index (χ2v) is 7.01. The van der Waals surface area contributed by atoms with Crippen LogP contribution in [0.3, 0.4) is 0 Å². The molecule has 6 heteroatoms. The molecule has 0 atom stereocenters. The first-order valence-electron chi connectivity index (χ1n) is 10.00. The van der Waals surface area contributed by atoms with Crippen molar-refractivity contribution in [3.8, 4) is 5.75 Å². The summed E-state index contributed by atoms with van der Waals surface area (Å²) in [5.41, 5.74) is 2.39. The number of rotatable bonds is 10. The van der Waals surface area contributed by atoms with Gasteiger partial charge in [0.25, 0.3) is 5.91 Å². The van der Waals surface area contributed by atoms with E-state index < -0.39 is 0 Å². The molecule has 1 N–H and O–H groups in total. The van der Waals surface area contributed by atoms with Crippen LogP contribution in [0.15, 0.2) is 48.5 Å². The summed E-state index contributed by atoms with van der Waals surface area (Å²) < 4.78 is 5.70. The number of hydrogen-bond acceptors (Lipinski definition) is 4. The fraction of sp³-hybridized carbons (Fsp3) is 0.391. The van der Waals surface area contributed by atoms with E-state index >= 15 is 0 Å². The van der Waals surface area contributed by atoms with Crippen LogP contribution in [-0.2, 0) is 4.79 Å². The summed E-state index contributed by atoms with van der Waals surface area (Å²) >= 11 is 0. The van der Waals surface area contributed by atoms with Crippen molar-refractivity contribution < 1.29 is 14.3 Å². The Bertz CT molecular complexity index is 801. The van der Waals surface area contributed by atoms with Gasteiger partial charge in [-0.3, -0.25) is 14.5 Å². The Hall–Kier alpha value is -2.86. The predicted octanol–water partition coefficient (Wildman–Crippen LogP) is 3.43. The zero-order valence-corrected chi connectivity index (χ0v) is 17.8. The number of benzene rings is 2. The van der Waals surface area contributed by atoms with Gasteiger partial charge in [-0.25, -0.2) is 0 Å². The Morgan fingerprint density at radius 1 is 1.03 bits per heavy atom. The van der Waals surface area contributed by atoms with Crippen molar-refractivity contribution in [1.82, 2.24) is 9.80 Å². The summed E-state index contributed by atoms with van der Waals surface area (Å²) in [6, 6.07) is 15.0. The van der Waals surface area contributed by atoms with Crippen LogP contribution >= 0.6 is 0 Å². The highest BCUT2D eigenvalue weighted by Gasteiger charge is 2.13. The van der Waals surface area contributed by atoms with E-state index in [1.54, 1.807) is 29.2 Å². The van der Waals surface area contributed by atoms with Crippen LogP contribution in [-0.4, -0.2) is 61.4 Å². The Morgan fingerprint density at radius 3 is 2.38 bits per heavy atom. The standard InChI is InChI=1S/C23H31N3O3/c1-5-26(6-2)23(28)19-8-7-9-20(16-19)24-22(27)17-25(4)14-15-29-21-12-10-18(3)11-13-21/h7-13,16H,5-6,14-15,17H2,1-4H3,(H,24,27). The van der Waals surface area contributed by atoms with Crippen LogP contribution in [0.5, 0.6) is 5.75 Å². The van der Waals surface area contributed by atoms with Gasteiger partial charge in [-0.05, 0) is 58.2 Å². The largest absolute Gasteiger partial charge is 0.492 e. The maximum absolute atomic E-state index is 12.5. The normalized spacial score (nSPS) is 10.7. The van der Waals surface area contributed by atoms with Gasteiger partial charge in [-0.15, -0.1) is 0 Å². The molecule has 0 saturated heterocycles. The van der Waals surface area contributed by atoms with Gasteiger partial charge < -0.3 is 15.0 Å². The van der Waals surface area contributed by atoms with Crippen LogP contribution in [0, 0.1) is 6.92 Å². The summed E-state index contributed by atoms with van der Waals surface area (Å²) in [6.07, 6.45) is 0. The maximum atomic E-state index is 12.5. The van der Waals surface area contributed by atoms with Gasteiger partial charge in [0.1, 0.15) is 12.4 Å². The molecule has 29 heavy (non-hydrogen) atoms. The summed E-state index contributed by atoms with van der Waals surface area (Å²) in [4.78, 5) is 28.4. The van der Waals surface area contributed by atoms with Crippen LogP contribution < -0.4 is 10.1 Å². The number of carbonyl (C=O) groups is 2. The molecule has 2 amide bonds. The number of anilines is 1. The molecule has 0 aliphatic rings. The highest BCUT2D eigenvalue weighted by molar-refractivity contribution is 5.97. The minimum atomic E-state index is -0.129. The summed E-state index contributed by atoms with van der Waals surface area (Å²) in [6.45, 7) is 8.61. The summed E-state index contributed by atoms with van der Waals surface area (Å²) in [7, 11) is 1.87. The highest BCUT2D eigenvalue weighted by atomic mass is 16.5. The Labute approximate surface area is 173 Å². The molecule has 6 nitrogen and oxygen atoms in total. The lowest BCUT2D eigenvalue weighted by atomic mass is 10.1. The van der Waals surface area contributed by atoms with Gasteiger partial charge in [0, 0.05) is 30.9 Å². The minimum Gasteiger partial charge on any atom is -0.492 e. The lowest BCUT2D eigenvalue weighted by Crippen LogP contribution is -2.33. The molecule has 0 spiro atoms. The van der Waals surface area contributed by atoms with Crippen molar-refractivity contribution >= 4 is 17.5 Å². The first-order chi connectivity index (χ1) is 13.9. The molecule has 0 radical (unpaired) electrons. The highest BCUT2D eigenvalue weighted by Crippen LogP contribution is 2.13. The van der Waals surface area contributed by atoms with Gasteiger partial charge in [0.05, 0.1) is 6.54 Å². The first-order valence-corrected chi connectivity index (χ1v) is 10.00. The number of aryl methyl sites for hydroxylation is 1. The third-order valence-electron chi connectivity index (χ3n) is 4.62. The van der Waals surface area contributed by atoms with E-state index in [0.29, 0.717) is 37.5 Å². The van der Waals surface area contributed by atoms with Crippen molar-refractivity contribution in [2.24, 2.45) is 0 Å². The third-order valence-corrected chi connectivity index (χ3v) is 4.62. The van der Waals surface area contributed by atoms with E-state index in [0.717, 1.165) is 5.75 Å².